The zero-order valence-electron chi connectivity index (χ0n) is 49.4. The number of hydrogen-bond donors (Lipinski definition) is 20. The minimum Gasteiger partial charge on any atom is -0.481 e. The quantitative estimate of drug-likeness (QED) is 0.177. The first-order valence-electron chi connectivity index (χ1n) is 20.2. The maximum absolute atomic E-state index is 10.6. The highest BCUT2D eigenvalue weighted by Crippen LogP contribution is 2.15. The van der Waals surface area contributed by atoms with Gasteiger partial charge in [-0.05, 0) is 6.42 Å². The highest BCUT2D eigenvalue weighted by Gasteiger charge is 2.39. The second-order valence-electron chi connectivity index (χ2n) is 11.7. The molecule has 41 heteroatoms. The molecule has 0 aliphatic carbocycles. The Hall–Kier alpha value is -10.6. The summed E-state index contributed by atoms with van der Waals surface area (Å²) in [6, 6.07) is 0. The number of aliphatic carboxylic acids is 19. The molecule has 0 heterocycles. The summed E-state index contributed by atoms with van der Waals surface area (Å²) in [4.78, 5) is 183. The molecule has 0 rings (SSSR count). The molecule has 0 amide bonds. The van der Waals surface area contributed by atoms with E-state index in [2.05, 4.69) is 4.74 Å². The van der Waals surface area contributed by atoms with Crippen LogP contribution >= 0.6 is 0 Å². The van der Waals surface area contributed by atoms with E-state index in [-0.39, 0.29) is 6.42 Å². The molecule has 0 aliphatic rings. The first kappa shape index (κ1) is 130. The molecule has 0 saturated heterocycles. The summed E-state index contributed by atoms with van der Waals surface area (Å²) < 4.78 is 4.51. The number of ether oxygens (including phenoxy) is 1. The van der Waals surface area contributed by atoms with Crippen molar-refractivity contribution in [2.45, 2.75) is 150 Å². The Morgan fingerprint density at radius 1 is 0.226 bits per heavy atom. The van der Waals surface area contributed by atoms with Gasteiger partial charge in [-0.3, -0.25) is 91.1 Å². The third-order valence-corrected chi connectivity index (χ3v) is 1.56. The van der Waals surface area contributed by atoms with E-state index in [0.29, 0.717) is 0 Å². The lowest BCUT2D eigenvalue weighted by Gasteiger charge is -2.24. The Morgan fingerprint density at radius 2 is 0.298 bits per heavy atom. The van der Waals surface area contributed by atoms with E-state index in [1.165, 1.54) is 6.92 Å². The van der Waals surface area contributed by atoms with E-state index in [4.69, 9.17) is 188 Å². The normalized spacial score (nSPS) is 7.49. The highest BCUT2D eigenvalue weighted by atomic mass is 16.6. The third kappa shape index (κ3) is 8730. The van der Waals surface area contributed by atoms with E-state index in [0.717, 1.165) is 132 Å². The first-order chi connectivity index (χ1) is 36.7. The maximum Gasteiger partial charge on any atom is 0.350 e. The topological polar surface area (TPSA) is 755 Å². The van der Waals surface area contributed by atoms with E-state index in [1.54, 1.807) is 0 Å². The van der Waals surface area contributed by atoms with E-state index in [9.17, 15) is 9.59 Å². The number of aliphatic hydroxyl groups is 1. The molecule has 1 unspecified atom stereocenters. The Kier molecular flexibility index (Phi) is 167. The van der Waals surface area contributed by atoms with Crippen LogP contribution in [0.2, 0.25) is 0 Å². The van der Waals surface area contributed by atoms with Gasteiger partial charge in [-0.25, -0.2) is 4.79 Å². The zero-order chi connectivity index (χ0) is 74.2. The monoisotopic (exact) mass is 1260 g/mol. The lowest BCUT2D eigenvalue weighted by Crippen LogP contribution is -2.45. The van der Waals surface area contributed by atoms with Crippen molar-refractivity contribution in [2.75, 3.05) is 6.61 Å². The van der Waals surface area contributed by atoms with E-state index < -0.39 is 132 Å². The predicted octanol–water partition coefficient (Wildman–Crippen LogP) is 1.41. The fraction of sp³-hybridized carbons (Fsp3) is 0.535. The van der Waals surface area contributed by atoms with Crippen LogP contribution in [0.3, 0.4) is 0 Å². The Balaban J connectivity index is -0.0000000317. The number of aliphatic hydroxyl groups excluding tert-OH is 1. The molecule has 0 bridgehead atoms. The van der Waals surface area contributed by atoms with Crippen LogP contribution < -0.4 is 0 Å². The number of carboxylic acids is 19. The second kappa shape index (κ2) is 108. The summed E-state index contributed by atoms with van der Waals surface area (Å²) in [5, 5.41) is 151. The minimum absolute atomic E-state index is 0.0401. The smallest absolute Gasteiger partial charge is 0.350 e. The number of hydrogen-bond acceptors (Lipinski definition) is 22. The molecule has 0 aliphatic heterocycles. The molecule has 41 nitrogen and oxygen atoms in total. The predicted molar refractivity (Wildman–Crippen MR) is 279 cm³/mol. The molecule has 20 N–H and O–H groups in total. The number of carboxylic acid groups (broad SMARTS) is 19. The van der Waals surface area contributed by atoms with Gasteiger partial charge in [0, 0.05) is 132 Å². The minimum atomic E-state index is -1.77. The fourth-order valence-electron chi connectivity index (χ4n) is 0.754. The summed E-state index contributed by atoms with van der Waals surface area (Å²) in [7, 11) is 0. The van der Waals surface area contributed by atoms with E-state index in [1.807, 2.05) is 0 Å². The standard InChI is InChI=1S/C7H12O5.18C2H4O2/c1-3-7(4-8,6(10)11)12-5(2)9;18*1-2(3)4/h8H,3-4H2,1-2H3,(H,10,11);18*1H3,(H,3,4). The molecular weight excluding hydrogens is 1170 g/mol. The van der Waals surface area contributed by atoms with Crippen molar-refractivity contribution < 1.29 is 203 Å². The number of carbonyl (C=O) groups excluding carboxylic acids is 1. The molecule has 0 aromatic heterocycles. The van der Waals surface area contributed by atoms with Crippen molar-refractivity contribution in [1.82, 2.24) is 0 Å². The fourth-order valence-corrected chi connectivity index (χ4v) is 0.754. The average molecular weight is 1260 g/mol. The number of rotatable bonds is 4. The molecule has 502 valence electrons. The third-order valence-electron chi connectivity index (χ3n) is 1.56. The van der Waals surface area contributed by atoms with Crippen molar-refractivity contribution in [3.63, 3.8) is 0 Å². The number of esters is 1. The Labute approximate surface area is 478 Å². The SMILES string of the molecule is CC(=O)O.CC(=O)O.CC(=O)O.CC(=O)O.CC(=O)O.CC(=O)O.CC(=O)O.CC(=O)O.CC(=O)O.CC(=O)O.CC(=O)O.CC(=O)O.CC(=O)O.CC(=O)O.CC(=O)O.CC(=O)O.CC(=O)O.CC(=O)O.CCC(CO)(OC(C)=O)C(=O)O. The molecule has 0 aromatic rings. The zero-order valence-corrected chi connectivity index (χ0v) is 49.4. The van der Waals surface area contributed by atoms with Crippen LogP contribution in [0.1, 0.15) is 145 Å². The van der Waals surface area contributed by atoms with Crippen LogP contribution in [-0.2, 0) is 101 Å². The Bertz CT molecular complexity index is 1280. The van der Waals surface area contributed by atoms with Gasteiger partial charge in [-0.1, -0.05) is 6.92 Å². The molecule has 0 radical (unpaired) electrons. The molecule has 84 heavy (non-hydrogen) atoms. The van der Waals surface area contributed by atoms with Gasteiger partial charge < -0.3 is 107 Å². The summed E-state index contributed by atoms with van der Waals surface area (Å²) in [6.45, 7) is 21.4. The van der Waals surface area contributed by atoms with Crippen LogP contribution in [0.5, 0.6) is 0 Å². The summed E-state index contributed by atoms with van der Waals surface area (Å²) >= 11 is 0. The molecular formula is C43H84O41. The van der Waals surface area contributed by atoms with Crippen LogP contribution in [0.4, 0.5) is 0 Å². The molecule has 1 atom stereocenters. The largest absolute Gasteiger partial charge is 0.481 e. The lowest BCUT2D eigenvalue weighted by atomic mass is 10.0. The van der Waals surface area contributed by atoms with Gasteiger partial charge in [-0.2, -0.15) is 0 Å². The molecule has 0 saturated carbocycles. The van der Waals surface area contributed by atoms with Gasteiger partial charge in [0.1, 0.15) is 0 Å². The van der Waals surface area contributed by atoms with Gasteiger partial charge in [0.25, 0.3) is 107 Å². The average Bonchev–Trinajstić information content (AvgIpc) is 3.09. The van der Waals surface area contributed by atoms with Gasteiger partial charge in [0.05, 0.1) is 6.61 Å². The van der Waals surface area contributed by atoms with Crippen molar-refractivity contribution in [3.05, 3.63) is 0 Å². The van der Waals surface area contributed by atoms with Crippen LogP contribution in [0.25, 0.3) is 0 Å². The first-order valence-corrected chi connectivity index (χ1v) is 20.2. The maximum atomic E-state index is 10.6. The van der Waals surface area contributed by atoms with Crippen molar-refractivity contribution >= 4 is 119 Å². The van der Waals surface area contributed by atoms with Gasteiger partial charge in [0.15, 0.2) is 0 Å². The van der Waals surface area contributed by atoms with Crippen molar-refractivity contribution in [1.29, 1.82) is 0 Å². The van der Waals surface area contributed by atoms with Crippen LogP contribution in [0.15, 0.2) is 0 Å². The number of carbonyl (C=O) groups is 20. The van der Waals surface area contributed by atoms with Crippen LogP contribution in [0, 0.1) is 0 Å². The second-order valence-corrected chi connectivity index (χ2v) is 11.7. The van der Waals surface area contributed by atoms with Gasteiger partial charge >= 0.3 is 11.9 Å². The van der Waals surface area contributed by atoms with Crippen molar-refractivity contribution in [2.24, 2.45) is 0 Å². The van der Waals surface area contributed by atoms with Gasteiger partial charge in [-0.15, -0.1) is 0 Å². The summed E-state index contributed by atoms with van der Waals surface area (Å²) in [5.74, 6) is -17.0. The lowest BCUT2D eigenvalue weighted by molar-refractivity contribution is -0.182. The highest BCUT2D eigenvalue weighted by molar-refractivity contribution is 5.81. The van der Waals surface area contributed by atoms with E-state index >= 15 is 0 Å². The molecule has 0 fully saturated rings. The molecule has 0 aromatic carbocycles. The Morgan fingerprint density at radius 3 is 0.310 bits per heavy atom. The van der Waals surface area contributed by atoms with Crippen molar-refractivity contribution in [3.8, 4) is 0 Å². The van der Waals surface area contributed by atoms with Gasteiger partial charge in [0.2, 0.25) is 5.60 Å². The molecule has 0 spiro atoms. The summed E-state index contributed by atoms with van der Waals surface area (Å²) in [6.07, 6.45) is 0.0401. The summed E-state index contributed by atoms with van der Waals surface area (Å²) in [5.41, 5.74) is -1.77. The van der Waals surface area contributed by atoms with Crippen LogP contribution in [-0.4, -0.2) is 234 Å².